The molecule has 0 unspecified atom stereocenters. The second-order valence-corrected chi connectivity index (χ2v) is 23.8. The summed E-state index contributed by atoms with van der Waals surface area (Å²) in [6.07, 6.45) is -7.01. The number of esters is 2. The first-order valence-electron chi connectivity index (χ1n) is 28.6. The molecule has 0 amide bonds. The summed E-state index contributed by atoms with van der Waals surface area (Å²) in [7, 11) is 6.61. The minimum absolute atomic E-state index is 0.00507. The van der Waals surface area contributed by atoms with Gasteiger partial charge in [0.2, 0.25) is 12.2 Å². The Morgan fingerprint density at radius 2 is 1.67 bits per heavy atom. The van der Waals surface area contributed by atoms with Crippen LogP contribution in [-0.4, -0.2) is 198 Å². The number of cyclic esters (lactones) is 1. The Hall–Kier alpha value is -4.37. The number of aliphatic hydroxyl groups is 4. The highest BCUT2D eigenvalue weighted by Gasteiger charge is 2.54. The summed E-state index contributed by atoms with van der Waals surface area (Å²) in [4.78, 5) is 60.7. The van der Waals surface area contributed by atoms with E-state index in [1.54, 1.807) is 66.0 Å². The van der Waals surface area contributed by atoms with Crippen molar-refractivity contribution in [1.29, 1.82) is 0 Å². The van der Waals surface area contributed by atoms with Crippen molar-refractivity contribution < 1.29 is 87.4 Å². The van der Waals surface area contributed by atoms with Gasteiger partial charge in [0, 0.05) is 63.7 Å². The van der Waals surface area contributed by atoms with Crippen LogP contribution in [-0.2, 0) is 65.3 Å². The number of carbonyl (C=O) groups is 3. The predicted molar refractivity (Wildman–Crippen MR) is 297 cm³/mol. The molecule has 6 rings (SSSR count). The van der Waals surface area contributed by atoms with Crippen molar-refractivity contribution in [2.75, 3.05) is 54.8 Å². The normalized spacial score (nSPS) is 36.8. The first kappa shape index (κ1) is 65.8. The number of ether oxygens (including phenoxy) is 9. The highest BCUT2D eigenvalue weighted by Crippen LogP contribution is 2.42. The number of aliphatic hydroxyl groups excluding tert-OH is 2. The number of rotatable bonds is 19. The summed E-state index contributed by atoms with van der Waals surface area (Å²) in [6.45, 7) is 18.4. The maximum atomic E-state index is 14.7. The first-order chi connectivity index (χ1) is 38.1. The van der Waals surface area contributed by atoms with Crippen molar-refractivity contribution in [3.8, 4) is 5.75 Å². The molecule has 4 aliphatic rings. The Labute approximate surface area is 475 Å². The lowest BCUT2D eigenvalue weighted by molar-refractivity contribution is -0.318. The van der Waals surface area contributed by atoms with Crippen LogP contribution in [0, 0.1) is 23.7 Å². The third kappa shape index (κ3) is 15.3. The van der Waals surface area contributed by atoms with Gasteiger partial charge in [-0.2, -0.15) is 0 Å². The van der Waals surface area contributed by atoms with E-state index < -0.39 is 119 Å². The van der Waals surface area contributed by atoms with Crippen LogP contribution in [0.5, 0.6) is 5.75 Å². The van der Waals surface area contributed by atoms with E-state index in [1.165, 1.54) is 27.3 Å². The number of methoxy groups -OCH3 is 2. The van der Waals surface area contributed by atoms with Gasteiger partial charge in [-0.3, -0.25) is 14.4 Å². The van der Waals surface area contributed by atoms with E-state index >= 15 is 0 Å². The second kappa shape index (κ2) is 28.0. The fraction of sp³-hybridized carbons (Fsp3) is 0.776. The molecule has 23 heteroatoms. The number of nitrogens with one attached hydrogen (secondary N) is 1. The zero-order valence-electron chi connectivity index (χ0n) is 49.9. The highest BCUT2D eigenvalue weighted by molar-refractivity contribution is 5.94. The molecule has 4 aliphatic heterocycles. The average Bonchev–Trinajstić information content (AvgIpc) is 3.82. The Morgan fingerprint density at radius 1 is 0.951 bits per heavy atom. The maximum Gasteiger partial charge on any atom is 0.341 e. The van der Waals surface area contributed by atoms with Gasteiger partial charge < -0.3 is 87.8 Å². The minimum Gasteiger partial charge on any atom is -0.491 e. The van der Waals surface area contributed by atoms with Crippen LogP contribution in [0.2, 0.25) is 0 Å². The summed E-state index contributed by atoms with van der Waals surface area (Å²) in [5, 5.41) is 66.5. The van der Waals surface area contributed by atoms with Gasteiger partial charge in [0.15, 0.2) is 18.7 Å². The fourth-order valence-electron chi connectivity index (χ4n) is 12.4. The lowest BCUT2D eigenvalue weighted by atomic mass is 9.73. The van der Waals surface area contributed by atoms with Crippen LogP contribution in [0.15, 0.2) is 28.3 Å². The van der Waals surface area contributed by atoms with Crippen molar-refractivity contribution in [2.45, 2.75) is 211 Å². The summed E-state index contributed by atoms with van der Waals surface area (Å²) in [5.41, 5.74) is -4.19. The molecule has 5 heterocycles. The molecule has 81 heavy (non-hydrogen) atoms. The summed E-state index contributed by atoms with van der Waals surface area (Å²) in [6, 6.07) is 3.25. The molecular formula is C58H92N4O19. The van der Waals surface area contributed by atoms with Gasteiger partial charge in [-0.15, -0.1) is 0 Å². The van der Waals surface area contributed by atoms with Crippen LogP contribution >= 0.6 is 0 Å². The van der Waals surface area contributed by atoms with E-state index in [0.717, 1.165) is 5.56 Å². The number of oxime groups is 1. The van der Waals surface area contributed by atoms with Crippen LogP contribution < -0.4 is 15.5 Å². The SMILES string of the molecule is CC[C@H]1OC(=O)[C@H](C)[C@@H](O[C@H]2C[C@@](C)(OC)[C@@H](OC(=O)CCNCCCc3cc4c5c(c3)c(=O)c(C(=O)O)cn5CCCO4)[C@H](C)O2)[C@H](C)[C@@H](O[C@H]2O[C@@H](C)C[C@@H](N(C)C)[C@@H]2O)[C@](C)(O)C[C@@H](C)/C(=N\OCOC)[C@H](C)[C@@H](O)[C@]1(C)O. The Morgan fingerprint density at radius 3 is 2.32 bits per heavy atom. The second-order valence-electron chi connectivity index (χ2n) is 23.8. The summed E-state index contributed by atoms with van der Waals surface area (Å²) in [5.74, 6) is -5.66. The smallest absolute Gasteiger partial charge is 0.341 e. The summed E-state index contributed by atoms with van der Waals surface area (Å²) >= 11 is 0. The van der Waals surface area contributed by atoms with Crippen LogP contribution in [0.4, 0.5) is 0 Å². The zero-order valence-corrected chi connectivity index (χ0v) is 49.9. The first-order valence-corrected chi connectivity index (χ1v) is 28.6. The van der Waals surface area contributed by atoms with Gasteiger partial charge in [0.1, 0.15) is 34.7 Å². The van der Waals surface area contributed by atoms with E-state index in [0.29, 0.717) is 62.0 Å². The molecule has 1 aromatic heterocycles. The molecule has 0 bridgehead atoms. The molecule has 2 aromatic rings. The molecular weight excluding hydrogens is 1060 g/mol. The molecule has 18 atom stereocenters. The van der Waals surface area contributed by atoms with E-state index in [9.17, 15) is 44.7 Å². The lowest BCUT2D eigenvalue weighted by Crippen LogP contribution is -2.61. The third-order valence-electron chi connectivity index (χ3n) is 17.0. The predicted octanol–water partition coefficient (Wildman–Crippen LogP) is 4.15. The highest BCUT2D eigenvalue weighted by atomic mass is 16.7. The van der Waals surface area contributed by atoms with Gasteiger partial charge in [0.25, 0.3) is 0 Å². The zero-order chi connectivity index (χ0) is 59.9. The quantitative estimate of drug-likeness (QED) is 0.0498. The maximum absolute atomic E-state index is 14.7. The molecule has 3 fully saturated rings. The van der Waals surface area contributed by atoms with Gasteiger partial charge in [-0.05, 0) is 118 Å². The monoisotopic (exact) mass is 1150 g/mol. The number of hydrogen-bond acceptors (Lipinski definition) is 21. The fourth-order valence-corrected chi connectivity index (χ4v) is 12.4. The average molecular weight is 1150 g/mol. The Kier molecular flexibility index (Phi) is 22.7. The number of pyridine rings is 1. The molecule has 3 saturated heterocycles. The van der Waals surface area contributed by atoms with E-state index in [4.69, 9.17) is 47.5 Å². The Bertz CT molecular complexity index is 2540. The number of carboxylic acid groups (broad SMARTS) is 1. The molecule has 0 radical (unpaired) electrons. The number of nitrogens with zero attached hydrogens (tertiary/aromatic N) is 3. The van der Waals surface area contributed by atoms with Crippen LogP contribution in [0.25, 0.3) is 10.9 Å². The number of carboxylic acids is 1. The number of aromatic nitrogens is 1. The van der Waals surface area contributed by atoms with E-state index in [-0.39, 0.29) is 62.4 Å². The number of benzene rings is 1. The molecule has 6 N–H and O–H groups in total. The van der Waals surface area contributed by atoms with Gasteiger partial charge >= 0.3 is 17.9 Å². The van der Waals surface area contributed by atoms with Crippen molar-refractivity contribution in [3.05, 3.63) is 39.7 Å². The van der Waals surface area contributed by atoms with Gasteiger partial charge in [-0.1, -0.05) is 32.9 Å². The molecule has 0 aliphatic carbocycles. The lowest BCUT2D eigenvalue weighted by Gasteiger charge is -2.49. The molecule has 0 saturated carbocycles. The number of aromatic carboxylic acids is 1. The molecule has 23 nitrogen and oxygen atoms in total. The number of likely N-dealkylation sites (N-methyl/N-ethyl adjacent to an activating group) is 1. The van der Waals surface area contributed by atoms with Crippen LogP contribution in [0.3, 0.4) is 0 Å². The van der Waals surface area contributed by atoms with E-state index in [2.05, 4.69) is 10.5 Å². The van der Waals surface area contributed by atoms with Gasteiger partial charge in [-0.25, -0.2) is 4.79 Å². The number of carbonyl (C=O) groups excluding carboxylic acids is 2. The van der Waals surface area contributed by atoms with Crippen molar-refractivity contribution in [3.63, 3.8) is 0 Å². The number of aryl methyl sites for hydroxylation is 2. The molecule has 0 spiro atoms. The van der Waals surface area contributed by atoms with Crippen molar-refractivity contribution in [1.82, 2.24) is 14.8 Å². The van der Waals surface area contributed by atoms with Gasteiger partial charge in [0.05, 0.1) is 71.7 Å². The van der Waals surface area contributed by atoms with Crippen molar-refractivity contribution in [2.24, 2.45) is 28.8 Å². The molecule has 458 valence electrons. The third-order valence-corrected chi connectivity index (χ3v) is 17.0. The minimum atomic E-state index is -2.01. The largest absolute Gasteiger partial charge is 0.491 e. The standard InChI is InChI=1S/C58H92N4O19/c1-15-42-58(10,71)50(66)33(4)45(60-75-30-72-13)31(2)27-56(8,70)51(81-55-48(65)40(61(11)12)24-32(3)76-55)34(5)49(35(6)54(69)78-42)80-44-28-57(9,73-14)52(36(7)77-44)79-43(63)19-21-59-20-16-18-37-25-38-46-41(26-37)74-23-17-22-62(46)29-39(47(38)64)53(67)68/h25-26,29,31-36,40,42,44,48-52,55,59,65-66,70-71H,15-24,27-28,30H2,1-14H3,(H,67,68)/b60-45+/t31-,32+,33+,34+,35-,36+,40-,42-,44+,48+,49+,50-,51-,52+,55-,56-,57-,58-/m1/s1. The topological polar surface area (TPSA) is 294 Å². The van der Waals surface area contributed by atoms with E-state index in [1.807, 2.05) is 32.0 Å². The Balaban J connectivity index is 1.20. The van der Waals surface area contributed by atoms with Crippen molar-refractivity contribution >= 4 is 34.5 Å². The molecule has 1 aromatic carbocycles. The summed E-state index contributed by atoms with van der Waals surface area (Å²) < 4.78 is 57.8. The van der Waals surface area contributed by atoms with Crippen LogP contribution in [0.1, 0.15) is 130 Å². The number of hydrogen-bond donors (Lipinski definition) is 6.